The van der Waals surface area contributed by atoms with Crippen LogP contribution < -0.4 is 0 Å². The molecule has 1 aliphatic rings. The van der Waals surface area contributed by atoms with Gasteiger partial charge in [0.1, 0.15) is 0 Å². The van der Waals surface area contributed by atoms with Gasteiger partial charge in [0.15, 0.2) is 0 Å². The summed E-state index contributed by atoms with van der Waals surface area (Å²) in [6.07, 6.45) is 1.92. The van der Waals surface area contributed by atoms with Crippen molar-refractivity contribution in [1.82, 2.24) is 9.80 Å². The fourth-order valence-corrected chi connectivity index (χ4v) is 1.63. The summed E-state index contributed by atoms with van der Waals surface area (Å²) in [4.78, 5) is 15.4. The van der Waals surface area contributed by atoms with Crippen LogP contribution in [0.25, 0.3) is 0 Å². The second-order valence-electron chi connectivity index (χ2n) is 3.75. The van der Waals surface area contributed by atoms with Gasteiger partial charge in [-0.3, -0.25) is 0 Å². The molecule has 1 fully saturated rings. The number of carbonyl (C=O) groups is 1. The van der Waals surface area contributed by atoms with Crippen LogP contribution in [-0.2, 0) is 4.74 Å². The molecule has 0 atom stereocenters. The van der Waals surface area contributed by atoms with E-state index in [1.807, 2.05) is 25.9 Å². The smallest absolute Gasteiger partial charge is 0.319 e. The zero-order valence-corrected chi connectivity index (χ0v) is 9.32. The van der Waals surface area contributed by atoms with Gasteiger partial charge in [0, 0.05) is 39.9 Å². The molecule has 0 saturated carbocycles. The topological polar surface area (TPSA) is 32.8 Å². The highest BCUT2D eigenvalue weighted by molar-refractivity contribution is 5.74. The second kappa shape index (κ2) is 5.20. The van der Waals surface area contributed by atoms with Gasteiger partial charge in [-0.05, 0) is 19.8 Å². The maximum Gasteiger partial charge on any atom is 0.319 e. The van der Waals surface area contributed by atoms with E-state index in [1.54, 1.807) is 4.90 Å². The van der Waals surface area contributed by atoms with Crippen LogP contribution in [0.15, 0.2) is 0 Å². The summed E-state index contributed by atoms with van der Waals surface area (Å²) in [6, 6.07) is 0.463. The Labute approximate surface area is 85.8 Å². The lowest BCUT2D eigenvalue weighted by Crippen LogP contribution is -2.46. The molecule has 0 aliphatic carbocycles. The molecule has 1 rings (SSSR count). The van der Waals surface area contributed by atoms with Gasteiger partial charge in [-0.15, -0.1) is 0 Å². The van der Waals surface area contributed by atoms with Gasteiger partial charge < -0.3 is 14.5 Å². The van der Waals surface area contributed by atoms with E-state index in [2.05, 4.69) is 0 Å². The van der Waals surface area contributed by atoms with Crippen molar-refractivity contribution in [3.63, 3.8) is 0 Å². The fraction of sp³-hybridized carbons (Fsp3) is 0.900. The number of rotatable bonds is 2. The molecule has 1 heterocycles. The Kier molecular flexibility index (Phi) is 4.20. The Morgan fingerprint density at radius 3 is 2.43 bits per heavy atom. The van der Waals surface area contributed by atoms with E-state index in [0.29, 0.717) is 6.04 Å². The first-order chi connectivity index (χ1) is 6.66. The van der Waals surface area contributed by atoms with Gasteiger partial charge in [0.25, 0.3) is 0 Å². The molecule has 0 aromatic heterocycles. The molecule has 1 saturated heterocycles. The molecule has 0 radical (unpaired) electrons. The third-order valence-electron chi connectivity index (χ3n) is 2.84. The average molecular weight is 200 g/mol. The summed E-state index contributed by atoms with van der Waals surface area (Å²) in [5, 5.41) is 0. The van der Waals surface area contributed by atoms with Crippen molar-refractivity contribution in [1.29, 1.82) is 0 Å². The van der Waals surface area contributed by atoms with E-state index in [-0.39, 0.29) is 6.03 Å². The van der Waals surface area contributed by atoms with Crippen molar-refractivity contribution in [2.24, 2.45) is 0 Å². The number of hydrogen-bond acceptors (Lipinski definition) is 2. The van der Waals surface area contributed by atoms with Gasteiger partial charge >= 0.3 is 6.03 Å². The Bertz CT molecular complexity index is 191. The third kappa shape index (κ3) is 2.61. The van der Waals surface area contributed by atoms with Gasteiger partial charge in [0.2, 0.25) is 0 Å². The number of ether oxygens (including phenoxy) is 1. The number of amides is 2. The number of carbonyl (C=O) groups excluding carboxylic acids is 1. The van der Waals surface area contributed by atoms with Crippen molar-refractivity contribution in [2.75, 3.05) is 33.9 Å². The van der Waals surface area contributed by atoms with E-state index in [1.165, 1.54) is 0 Å². The Hall–Kier alpha value is -0.770. The molecule has 2 amide bonds. The lowest BCUT2D eigenvalue weighted by Gasteiger charge is -2.33. The highest BCUT2D eigenvalue weighted by Crippen LogP contribution is 2.13. The lowest BCUT2D eigenvalue weighted by atomic mass is 10.1. The zero-order chi connectivity index (χ0) is 10.6. The van der Waals surface area contributed by atoms with Gasteiger partial charge in [-0.25, -0.2) is 4.79 Å². The van der Waals surface area contributed by atoms with Crippen LogP contribution in [0, 0.1) is 0 Å². The Morgan fingerprint density at radius 2 is 1.93 bits per heavy atom. The van der Waals surface area contributed by atoms with Crippen LogP contribution >= 0.6 is 0 Å². The van der Waals surface area contributed by atoms with Crippen LogP contribution in [0.3, 0.4) is 0 Å². The molecule has 0 unspecified atom stereocenters. The number of nitrogens with zero attached hydrogens (tertiary/aromatic N) is 2. The van der Waals surface area contributed by atoms with Crippen molar-refractivity contribution in [3.05, 3.63) is 0 Å². The predicted octanol–water partition coefficient (Wildman–Crippen LogP) is 1.17. The first-order valence-electron chi connectivity index (χ1n) is 5.22. The quantitative estimate of drug-likeness (QED) is 0.670. The summed E-state index contributed by atoms with van der Waals surface area (Å²) >= 11 is 0. The minimum atomic E-state index is 0.111. The summed E-state index contributed by atoms with van der Waals surface area (Å²) in [5.74, 6) is 0. The first kappa shape index (κ1) is 11.3. The van der Waals surface area contributed by atoms with Crippen LogP contribution in [0.1, 0.15) is 19.8 Å². The van der Waals surface area contributed by atoms with Crippen molar-refractivity contribution >= 4 is 6.03 Å². The van der Waals surface area contributed by atoms with Gasteiger partial charge in [-0.2, -0.15) is 0 Å². The van der Waals surface area contributed by atoms with E-state index in [9.17, 15) is 4.79 Å². The van der Waals surface area contributed by atoms with Gasteiger partial charge in [-0.1, -0.05) is 0 Å². The molecule has 0 spiro atoms. The summed E-state index contributed by atoms with van der Waals surface area (Å²) < 4.78 is 5.26. The SMILES string of the molecule is CCN(C)C(=O)N(C)C1CCOCC1. The van der Waals surface area contributed by atoms with Crippen LogP contribution in [0.2, 0.25) is 0 Å². The molecule has 1 aliphatic heterocycles. The van der Waals surface area contributed by atoms with Crippen molar-refractivity contribution in [2.45, 2.75) is 25.8 Å². The highest BCUT2D eigenvalue weighted by Gasteiger charge is 2.23. The molecule has 0 bridgehead atoms. The summed E-state index contributed by atoms with van der Waals surface area (Å²) in [6.45, 7) is 4.29. The Balaban J connectivity index is 2.45. The van der Waals surface area contributed by atoms with Crippen LogP contribution in [0.4, 0.5) is 4.79 Å². The maximum atomic E-state index is 11.8. The predicted molar refractivity (Wildman–Crippen MR) is 55.3 cm³/mol. The van der Waals surface area contributed by atoms with E-state index in [0.717, 1.165) is 32.6 Å². The van der Waals surface area contributed by atoms with E-state index >= 15 is 0 Å². The van der Waals surface area contributed by atoms with Crippen molar-refractivity contribution in [3.8, 4) is 0 Å². The largest absolute Gasteiger partial charge is 0.381 e. The summed E-state index contributed by atoms with van der Waals surface area (Å²) in [7, 11) is 3.71. The standard InChI is InChI=1S/C10H20N2O2/c1-4-11(2)10(13)12(3)9-5-7-14-8-6-9/h9H,4-8H2,1-3H3. The van der Waals surface area contributed by atoms with Crippen LogP contribution in [-0.4, -0.2) is 55.7 Å². The van der Waals surface area contributed by atoms with Crippen molar-refractivity contribution < 1.29 is 9.53 Å². The molecular formula is C10H20N2O2. The first-order valence-corrected chi connectivity index (χ1v) is 5.22. The third-order valence-corrected chi connectivity index (χ3v) is 2.84. The molecule has 82 valence electrons. The number of urea groups is 1. The highest BCUT2D eigenvalue weighted by atomic mass is 16.5. The number of hydrogen-bond donors (Lipinski definition) is 0. The minimum absolute atomic E-state index is 0.111. The lowest BCUT2D eigenvalue weighted by molar-refractivity contribution is 0.0480. The molecule has 0 N–H and O–H groups in total. The molecule has 14 heavy (non-hydrogen) atoms. The monoisotopic (exact) mass is 200 g/mol. The fourth-order valence-electron chi connectivity index (χ4n) is 1.63. The van der Waals surface area contributed by atoms with E-state index < -0.39 is 0 Å². The molecule has 0 aromatic rings. The van der Waals surface area contributed by atoms with Crippen LogP contribution in [0.5, 0.6) is 0 Å². The molecular weight excluding hydrogens is 180 g/mol. The Morgan fingerprint density at radius 1 is 1.36 bits per heavy atom. The molecule has 4 nitrogen and oxygen atoms in total. The molecule has 4 heteroatoms. The second-order valence-corrected chi connectivity index (χ2v) is 3.75. The average Bonchev–Trinajstić information content (AvgIpc) is 2.27. The zero-order valence-electron chi connectivity index (χ0n) is 9.32. The maximum absolute atomic E-state index is 11.8. The van der Waals surface area contributed by atoms with E-state index in [4.69, 9.17) is 4.74 Å². The normalized spacial score (nSPS) is 17.9. The summed E-state index contributed by atoms with van der Waals surface area (Å²) in [5.41, 5.74) is 0. The minimum Gasteiger partial charge on any atom is -0.381 e. The molecule has 0 aromatic carbocycles. The van der Waals surface area contributed by atoms with Gasteiger partial charge in [0.05, 0.1) is 0 Å².